The summed E-state index contributed by atoms with van der Waals surface area (Å²) in [4.78, 5) is 22.6. The van der Waals surface area contributed by atoms with Crippen molar-refractivity contribution in [3.8, 4) is 0 Å². The van der Waals surface area contributed by atoms with Crippen LogP contribution in [0, 0.1) is 0 Å². The van der Waals surface area contributed by atoms with Crippen molar-refractivity contribution >= 4 is 11.9 Å². The summed E-state index contributed by atoms with van der Waals surface area (Å²) in [7, 11) is 0. The van der Waals surface area contributed by atoms with Crippen LogP contribution in [0.2, 0.25) is 0 Å². The highest BCUT2D eigenvalue weighted by Crippen LogP contribution is 2.02. The number of nitrogens with one attached hydrogen (secondary N) is 1. The van der Waals surface area contributed by atoms with Gasteiger partial charge in [-0.25, -0.2) is 4.79 Å². The van der Waals surface area contributed by atoms with Gasteiger partial charge >= 0.3 is 5.97 Å². The van der Waals surface area contributed by atoms with E-state index in [0.29, 0.717) is 24.9 Å². The Morgan fingerprint density at radius 3 is 2.71 bits per heavy atom. The maximum absolute atomic E-state index is 11.7. The maximum Gasteiger partial charge on any atom is 0.326 e. The number of carbonyl (C=O) groups excluding carboxylic acids is 1. The third-order valence-corrected chi connectivity index (χ3v) is 2.40. The molecule has 1 atom stereocenters. The lowest BCUT2D eigenvalue weighted by Crippen LogP contribution is -2.40. The van der Waals surface area contributed by atoms with Crippen LogP contribution in [0.3, 0.4) is 0 Å². The summed E-state index contributed by atoms with van der Waals surface area (Å²) in [5, 5.41) is 15.4. The lowest BCUT2D eigenvalue weighted by atomic mass is 10.1. The molecule has 0 unspecified atom stereocenters. The fraction of sp³-hybridized carbons (Fsp3) is 0.545. The van der Waals surface area contributed by atoms with Crippen LogP contribution in [-0.2, 0) is 11.3 Å². The zero-order chi connectivity index (χ0) is 12.8. The van der Waals surface area contributed by atoms with Gasteiger partial charge in [0, 0.05) is 12.7 Å². The monoisotopic (exact) mass is 239 g/mol. The van der Waals surface area contributed by atoms with E-state index in [-0.39, 0.29) is 0 Å². The SMILES string of the molecule is CCC[C@@H](NC(=O)c1cnn(CC)c1)C(=O)O. The van der Waals surface area contributed by atoms with Gasteiger partial charge in [-0.2, -0.15) is 5.10 Å². The number of rotatable bonds is 6. The van der Waals surface area contributed by atoms with Gasteiger partial charge in [-0.1, -0.05) is 13.3 Å². The maximum atomic E-state index is 11.7. The first kappa shape index (κ1) is 13.2. The minimum Gasteiger partial charge on any atom is -0.480 e. The highest BCUT2D eigenvalue weighted by molar-refractivity contribution is 5.96. The molecule has 6 heteroatoms. The van der Waals surface area contributed by atoms with Crippen LogP contribution in [0.25, 0.3) is 0 Å². The molecule has 0 spiro atoms. The highest BCUT2D eigenvalue weighted by atomic mass is 16.4. The minimum absolute atomic E-state index is 0.384. The number of hydrogen-bond acceptors (Lipinski definition) is 3. The first-order valence-electron chi connectivity index (χ1n) is 5.64. The van der Waals surface area contributed by atoms with Gasteiger partial charge in [-0.15, -0.1) is 0 Å². The van der Waals surface area contributed by atoms with E-state index in [2.05, 4.69) is 10.4 Å². The van der Waals surface area contributed by atoms with Gasteiger partial charge < -0.3 is 10.4 Å². The van der Waals surface area contributed by atoms with E-state index in [1.165, 1.54) is 6.20 Å². The normalized spacial score (nSPS) is 12.1. The smallest absolute Gasteiger partial charge is 0.326 e. The van der Waals surface area contributed by atoms with E-state index >= 15 is 0 Å². The third-order valence-electron chi connectivity index (χ3n) is 2.40. The second-order valence-electron chi connectivity index (χ2n) is 3.74. The second kappa shape index (κ2) is 6.03. The van der Waals surface area contributed by atoms with Gasteiger partial charge in [0.1, 0.15) is 6.04 Å². The lowest BCUT2D eigenvalue weighted by molar-refractivity contribution is -0.139. The van der Waals surface area contributed by atoms with Crippen molar-refractivity contribution in [3.05, 3.63) is 18.0 Å². The van der Waals surface area contributed by atoms with E-state index in [4.69, 9.17) is 5.11 Å². The van der Waals surface area contributed by atoms with Gasteiger partial charge in [-0.3, -0.25) is 9.48 Å². The molecular weight excluding hydrogens is 222 g/mol. The fourth-order valence-corrected chi connectivity index (χ4v) is 1.44. The number of aromatic nitrogens is 2. The quantitative estimate of drug-likeness (QED) is 0.772. The Morgan fingerprint density at radius 1 is 1.53 bits per heavy atom. The van der Waals surface area contributed by atoms with Crippen molar-refractivity contribution in [2.45, 2.75) is 39.3 Å². The lowest BCUT2D eigenvalue weighted by Gasteiger charge is -2.12. The number of aliphatic carboxylic acids is 1. The number of carboxylic acid groups (broad SMARTS) is 1. The van der Waals surface area contributed by atoms with Crippen LogP contribution >= 0.6 is 0 Å². The van der Waals surface area contributed by atoms with Gasteiger partial charge in [0.15, 0.2) is 0 Å². The molecule has 0 radical (unpaired) electrons. The number of hydrogen-bond donors (Lipinski definition) is 2. The zero-order valence-electron chi connectivity index (χ0n) is 10.0. The molecule has 0 bridgehead atoms. The molecule has 1 heterocycles. The Labute approximate surface area is 99.6 Å². The topological polar surface area (TPSA) is 84.2 Å². The predicted octanol–water partition coefficient (Wildman–Crippen LogP) is 0.886. The molecule has 1 aromatic heterocycles. The molecule has 1 aromatic rings. The zero-order valence-corrected chi connectivity index (χ0v) is 10.0. The second-order valence-corrected chi connectivity index (χ2v) is 3.74. The van der Waals surface area contributed by atoms with Gasteiger partial charge in [0.2, 0.25) is 0 Å². The molecule has 17 heavy (non-hydrogen) atoms. The minimum atomic E-state index is -1.01. The fourth-order valence-electron chi connectivity index (χ4n) is 1.44. The molecule has 0 fully saturated rings. The molecule has 0 saturated carbocycles. The van der Waals surface area contributed by atoms with Crippen molar-refractivity contribution in [2.75, 3.05) is 0 Å². The van der Waals surface area contributed by atoms with Crippen LogP contribution in [0.5, 0.6) is 0 Å². The molecule has 0 aliphatic rings. The predicted molar refractivity (Wildman–Crippen MR) is 61.7 cm³/mol. The summed E-state index contributed by atoms with van der Waals surface area (Å²) >= 11 is 0. The first-order valence-corrected chi connectivity index (χ1v) is 5.64. The summed E-state index contributed by atoms with van der Waals surface area (Å²) < 4.78 is 1.62. The summed E-state index contributed by atoms with van der Waals surface area (Å²) in [5.41, 5.74) is 0.384. The molecule has 1 rings (SSSR count). The number of carbonyl (C=O) groups is 2. The highest BCUT2D eigenvalue weighted by Gasteiger charge is 2.20. The van der Waals surface area contributed by atoms with Crippen LogP contribution in [0.4, 0.5) is 0 Å². The summed E-state index contributed by atoms with van der Waals surface area (Å²) in [5.74, 6) is -1.41. The van der Waals surface area contributed by atoms with Crippen molar-refractivity contribution in [3.63, 3.8) is 0 Å². The van der Waals surface area contributed by atoms with E-state index in [0.717, 1.165) is 0 Å². The van der Waals surface area contributed by atoms with Crippen LogP contribution in [0.15, 0.2) is 12.4 Å². The van der Waals surface area contributed by atoms with Crippen molar-refractivity contribution in [1.82, 2.24) is 15.1 Å². The third kappa shape index (κ3) is 3.58. The average Bonchev–Trinajstić information content (AvgIpc) is 2.76. The molecule has 1 amide bonds. The average molecular weight is 239 g/mol. The van der Waals surface area contributed by atoms with E-state index in [9.17, 15) is 9.59 Å². The Morgan fingerprint density at radius 2 is 2.24 bits per heavy atom. The molecule has 2 N–H and O–H groups in total. The van der Waals surface area contributed by atoms with Gasteiger partial charge in [0.25, 0.3) is 5.91 Å². The molecule has 0 aliphatic heterocycles. The number of aryl methyl sites for hydroxylation is 1. The Hall–Kier alpha value is -1.85. The van der Waals surface area contributed by atoms with Crippen molar-refractivity contribution < 1.29 is 14.7 Å². The molecule has 0 aliphatic carbocycles. The Bertz CT molecular complexity index is 400. The largest absolute Gasteiger partial charge is 0.480 e. The van der Waals surface area contributed by atoms with E-state index < -0.39 is 17.9 Å². The van der Waals surface area contributed by atoms with Crippen LogP contribution in [0.1, 0.15) is 37.0 Å². The molecule has 94 valence electrons. The van der Waals surface area contributed by atoms with Crippen LogP contribution in [-0.4, -0.2) is 32.8 Å². The van der Waals surface area contributed by atoms with Gasteiger partial charge in [0.05, 0.1) is 11.8 Å². The van der Waals surface area contributed by atoms with E-state index in [1.807, 2.05) is 13.8 Å². The number of carboxylic acids is 1. The summed E-state index contributed by atoms with van der Waals surface area (Å²) in [6.07, 6.45) is 4.15. The Balaban J connectivity index is 2.66. The van der Waals surface area contributed by atoms with Crippen LogP contribution < -0.4 is 5.32 Å². The standard InChI is InChI=1S/C11H17N3O3/c1-3-5-9(11(16)17)13-10(15)8-6-12-14(4-2)7-8/h6-7,9H,3-5H2,1-2H3,(H,13,15)(H,16,17)/t9-/m1/s1. The molecule has 0 saturated heterocycles. The van der Waals surface area contributed by atoms with Crippen molar-refractivity contribution in [1.29, 1.82) is 0 Å². The molecule has 6 nitrogen and oxygen atoms in total. The molecular formula is C11H17N3O3. The number of nitrogens with zero attached hydrogens (tertiary/aromatic N) is 2. The molecule has 0 aromatic carbocycles. The summed E-state index contributed by atoms with van der Waals surface area (Å²) in [6.45, 7) is 4.45. The van der Waals surface area contributed by atoms with Crippen molar-refractivity contribution in [2.24, 2.45) is 0 Å². The van der Waals surface area contributed by atoms with E-state index in [1.54, 1.807) is 10.9 Å². The Kier molecular flexibility index (Phi) is 4.68. The van der Waals surface area contributed by atoms with Gasteiger partial charge in [-0.05, 0) is 13.3 Å². The first-order chi connectivity index (χ1) is 8.08. The number of amides is 1. The summed E-state index contributed by atoms with van der Waals surface area (Å²) in [6, 6.07) is -0.836.